The Morgan fingerprint density at radius 2 is 2.17 bits per heavy atom. The summed E-state index contributed by atoms with van der Waals surface area (Å²) in [5.74, 6) is 0. The van der Waals surface area contributed by atoms with Crippen molar-refractivity contribution in [2.24, 2.45) is 5.73 Å². The Labute approximate surface area is 106 Å². The molecule has 1 aromatic carbocycles. The minimum atomic E-state index is -3.55. The molecule has 0 saturated heterocycles. The van der Waals surface area contributed by atoms with Crippen LogP contribution in [-0.4, -0.2) is 26.5 Å². The van der Waals surface area contributed by atoms with Crippen molar-refractivity contribution in [3.8, 4) is 0 Å². The summed E-state index contributed by atoms with van der Waals surface area (Å²) >= 11 is 0. The molecule has 2 rings (SSSR count). The molecule has 96 valence electrons. The summed E-state index contributed by atoms with van der Waals surface area (Å²) in [6, 6.07) is 7.01. The number of aromatic nitrogens is 1. The number of hydrogen-bond acceptors (Lipinski definition) is 4. The number of nitrogens with two attached hydrogens (primary N) is 1. The lowest BCUT2D eigenvalue weighted by Gasteiger charge is -2.08. The number of pyridine rings is 1. The second kappa shape index (κ2) is 5.01. The Kier molecular flexibility index (Phi) is 3.60. The normalized spacial score (nSPS) is 11.9. The first kappa shape index (κ1) is 12.9. The highest BCUT2D eigenvalue weighted by Crippen LogP contribution is 2.21. The number of benzene rings is 1. The van der Waals surface area contributed by atoms with E-state index in [0.717, 1.165) is 10.9 Å². The van der Waals surface area contributed by atoms with Crippen LogP contribution in [-0.2, 0) is 10.0 Å². The van der Waals surface area contributed by atoms with Gasteiger partial charge < -0.3 is 5.73 Å². The summed E-state index contributed by atoms with van der Waals surface area (Å²) < 4.78 is 26.6. The van der Waals surface area contributed by atoms with Gasteiger partial charge in [0.1, 0.15) is 4.90 Å². The van der Waals surface area contributed by atoms with Crippen LogP contribution < -0.4 is 10.5 Å². The van der Waals surface area contributed by atoms with E-state index in [9.17, 15) is 8.42 Å². The first-order chi connectivity index (χ1) is 8.54. The number of sulfonamides is 1. The molecule has 0 aliphatic heterocycles. The summed E-state index contributed by atoms with van der Waals surface area (Å²) in [6.07, 6.45) is 1.66. The van der Waals surface area contributed by atoms with Crippen LogP contribution in [0.5, 0.6) is 0 Å². The smallest absolute Gasteiger partial charge is 0.242 e. The molecule has 0 amide bonds. The number of rotatable bonds is 4. The maximum absolute atomic E-state index is 12.1. The van der Waals surface area contributed by atoms with E-state index < -0.39 is 10.0 Å². The van der Waals surface area contributed by atoms with E-state index >= 15 is 0 Å². The third kappa shape index (κ3) is 2.50. The molecule has 0 unspecified atom stereocenters. The fourth-order valence-corrected chi connectivity index (χ4v) is 2.96. The molecule has 3 N–H and O–H groups in total. The zero-order chi connectivity index (χ0) is 13.2. The highest BCUT2D eigenvalue weighted by atomic mass is 32.2. The van der Waals surface area contributed by atoms with E-state index in [2.05, 4.69) is 9.71 Å². The molecule has 0 fully saturated rings. The van der Waals surface area contributed by atoms with Crippen LogP contribution in [0.4, 0.5) is 0 Å². The van der Waals surface area contributed by atoms with E-state index in [0.29, 0.717) is 5.52 Å². The lowest BCUT2D eigenvalue weighted by molar-refractivity contribution is 0.583. The van der Waals surface area contributed by atoms with Gasteiger partial charge in [-0.1, -0.05) is 12.1 Å². The molecule has 1 heterocycles. The second-order valence-corrected chi connectivity index (χ2v) is 5.76. The van der Waals surface area contributed by atoms with Crippen molar-refractivity contribution in [1.82, 2.24) is 9.71 Å². The van der Waals surface area contributed by atoms with Gasteiger partial charge >= 0.3 is 0 Å². The van der Waals surface area contributed by atoms with E-state index in [1.54, 1.807) is 18.3 Å². The van der Waals surface area contributed by atoms with E-state index in [1.807, 2.05) is 19.1 Å². The van der Waals surface area contributed by atoms with Crippen molar-refractivity contribution in [3.63, 3.8) is 0 Å². The van der Waals surface area contributed by atoms with Crippen molar-refractivity contribution < 1.29 is 8.42 Å². The largest absolute Gasteiger partial charge is 0.329 e. The predicted octanol–water partition coefficient (Wildman–Crippen LogP) is 0.780. The number of nitrogens with one attached hydrogen (secondary N) is 1. The van der Waals surface area contributed by atoms with E-state index in [1.165, 1.54) is 0 Å². The van der Waals surface area contributed by atoms with Gasteiger partial charge in [0.2, 0.25) is 10.0 Å². The highest BCUT2D eigenvalue weighted by molar-refractivity contribution is 7.89. The Morgan fingerprint density at radius 3 is 2.89 bits per heavy atom. The van der Waals surface area contributed by atoms with E-state index in [4.69, 9.17) is 5.73 Å². The van der Waals surface area contributed by atoms with Crippen LogP contribution >= 0.6 is 0 Å². The number of aryl methyl sites for hydroxylation is 1. The third-order valence-electron chi connectivity index (χ3n) is 2.54. The molecule has 6 heteroatoms. The second-order valence-electron chi connectivity index (χ2n) is 4.03. The van der Waals surface area contributed by atoms with Crippen molar-refractivity contribution in [3.05, 3.63) is 36.0 Å². The van der Waals surface area contributed by atoms with Crippen LogP contribution in [0.1, 0.15) is 5.56 Å². The molecule has 0 radical (unpaired) electrons. The highest BCUT2D eigenvalue weighted by Gasteiger charge is 2.17. The summed E-state index contributed by atoms with van der Waals surface area (Å²) in [7, 11) is -3.55. The van der Waals surface area contributed by atoms with Crippen LogP contribution in [0.3, 0.4) is 0 Å². The molecule has 0 spiro atoms. The Hall–Kier alpha value is -1.50. The van der Waals surface area contributed by atoms with Gasteiger partial charge in [0.05, 0.1) is 5.52 Å². The average molecular weight is 265 g/mol. The van der Waals surface area contributed by atoms with Gasteiger partial charge in [0.25, 0.3) is 0 Å². The fourth-order valence-electron chi connectivity index (χ4n) is 1.73. The van der Waals surface area contributed by atoms with Crippen molar-refractivity contribution in [2.75, 3.05) is 13.1 Å². The monoisotopic (exact) mass is 265 g/mol. The summed E-state index contributed by atoms with van der Waals surface area (Å²) in [5, 5.41) is 0.811. The maximum Gasteiger partial charge on any atom is 0.242 e. The van der Waals surface area contributed by atoms with Crippen molar-refractivity contribution in [1.29, 1.82) is 0 Å². The van der Waals surface area contributed by atoms with Gasteiger partial charge in [0.15, 0.2) is 0 Å². The van der Waals surface area contributed by atoms with Gasteiger partial charge in [0, 0.05) is 24.7 Å². The average Bonchev–Trinajstić information content (AvgIpc) is 2.35. The van der Waals surface area contributed by atoms with Crippen LogP contribution in [0.2, 0.25) is 0 Å². The van der Waals surface area contributed by atoms with Gasteiger partial charge in [-0.05, 0) is 24.6 Å². The number of para-hydroxylation sites is 1. The predicted molar refractivity (Wildman–Crippen MR) is 70.7 cm³/mol. The number of nitrogens with zero attached hydrogens (tertiary/aromatic N) is 1. The van der Waals surface area contributed by atoms with Gasteiger partial charge in [-0.15, -0.1) is 0 Å². The third-order valence-corrected chi connectivity index (χ3v) is 4.03. The zero-order valence-corrected chi connectivity index (χ0v) is 10.9. The van der Waals surface area contributed by atoms with Crippen LogP contribution in [0, 0.1) is 6.92 Å². The molecule has 0 bridgehead atoms. The first-order valence-corrected chi connectivity index (χ1v) is 7.08. The molecular formula is C12H15N3O2S. The maximum atomic E-state index is 12.1. The molecule has 2 aromatic rings. The van der Waals surface area contributed by atoms with Crippen LogP contribution in [0.15, 0.2) is 35.4 Å². The summed E-state index contributed by atoms with van der Waals surface area (Å²) in [5.41, 5.74) is 6.78. The Morgan fingerprint density at radius 1 is 1.39 bits per heavy atom. The summed E-state index contributed by atoms with van der Waals surface area (Å²) in [4.78, 5) is 4.39. The first-order valence-electron chi connectivity index (χ1n) is 5.60. The van der Waals surface area contributed by atoms with Crippen molar-refractivity contribution in [2.45, 2.75) is 11.8 Å². The molecule has 0 aliphatic rings. The Balaban J connectivity index is 2.58. The van der Waals surface area contributed by atoms with Crippen molar-refractivity contribution >= 4 is 20.9 Å². The van der Waals surface area contributed by atoms with Gasteiger partial charge in [-0.3, -0.25) is 4.98 Å². The SMILES string of the molecule is Cc1cnc2c(S(=O)(=O)NCCN)cccc2c1. The molecule has 0 saturated carbocycles. The standard InChI is InChI=1S/C12H15N3O2S/c1-9-7-10-3-2-4-11(12(10)14-8-9)18(16,17)15-6-5-13/h2-4,7-8,15H,5-6,13H2,1H3. The van der Waals surface area contributed by atoms with Gasteiger partial charge in [-0.2, -0.15) is 0 Å². The fraction of sp³-hybridized carbons (Fsp3) is 0.250. The molecule has 0 atom stereocenters. The van der Waals surface area contributed by atoms with E-state index in [-0.39, 0.29) is 18.0 Å². The zero-order valence-electron chi connectivity index (χ0n) is 10.1. The molecule has 1 aromatic heterocycles. The molecule has 0 aliphatic carbocycles. The Bertz CT molecular complexity index is 668. The summed E-state index contributed by atoms with van der Waals surface area (Å²) in [6.45, 7) is 2.39. The molecular weight excluding hydrogens is 250 g/mol. The topological polar surface area (TPSA) is 85.1 Å². The van der Waals surface area contributed by atoms with Crippen LogP contribution in [0.25, 0.3) is 10.9 Å². The number of hydrogen-bond donors (Lipinski definition) is 2. The number of fused-ring (bicyclic) bond motifs is 1. The molecule has 18 heavy (non-hydrogen) atoms. The lowest BCUT2D eigenvalue weighted by atomic mass is 10.2. The molecule has 5 nitrogen and oxygen atoms in total. The minimum absolute atomic E-state index is 0.188. The van der Waals surface area contributed by atoms with Gasteiger partial charge in [-0.25, -0.2) is 13.1 Å². The minimum Gasteiger partial charge on any atom is -0.329 e. The lowest BCUT2D eigenvalue weighted by Crippen LogP contribution is -2.29. The quantitative estimate of drug-likeness (QED) is 0.855.